The Kier molecular flexibility index (Phi) is 4.43. The summed E-state index contributed by atoms with van der Waals surface area (Å²) >= 11 is 1.64. The summed E-state index contributed by atoms with van der Waals surface area (Å²) in [5, 5.41) is 7.06. The minimum atomic E-state index is 0.488. The average Bonchev–Trinajstić information content (AvgIpc) is 2.96. The number of aryl methyl sites for hydroxylation is 2. The Balaban J connectivity index is 1.90. The van der Waals surface area contributed by atoms with Crippen molar-refractivity contribution in [2.75, 3.05) is 6.54 Å². The molecule has 0 aromatic carbocycles. The molecule has 2 N–H and O–H groups in total. The van der Waals surface area contributed by atoms with E-state index in [0.717, 1.165) is 23.5 Å². The van der Waals surface area contributed by atoms with Gasteiger partial charge in [-0.3, -0.25) is 0 Å². The molecule has 18 heavy (non-hydrogen) atoms. The van der Waals surface area contributed by atoms with E-state index in [1.165, 1.54) is 0 Å². The fraction of sp³-hybridized carbons (Fsp3) is 0.583. The second kappa shape index (κ2) is 6.06. The van der Waals surface area contributed by atoms with Crippen LogP contribution in [-0.4, -0.2) is 21.7 Å². The zero-order valence-corrected chi connectivity index (χ0v) is 11.5. The van der Waals surface area contributed by atoms with E-state index in [1.807, 2.05) is 12.3 Å². The van der Waals surface area contributed by atoms with E-state index in [2.05, 4.69) is 22.0 Å². The monoisotopic (exact) mass is 266 g/mol. The molecule has 6 heteroatoms. The van der Waals surface area contributed by atoms with Crippen LogP contribution in [0.15, 0.2) is 9.90 Å². The Hall–Kier alpha value is -1.27. The second-order valence-electron chi connectivity index (χ2n) is 4.52. The first kappa shape index (κ1) is 13.2. The Morgan fingerprint density at radius 3 is 2.94 bits per heavy atom. The van der Waals surface area contributed by atoms with Crippen LogP contribution in [0.2, 0.25) is 0 Å². The van der Waals surface area contributed by atoms with Crippen LogP contribution < -0.4 is 5.73 Å². The molecule has 0 saturated carbocycles. The van der Waals surface area contributed by atoms with Gasteiger partial charge in [0.25, 0.3) is 0 Å². The van der Waals surface area contributed by atoms with Crippen LogP contribution in [0.3, 0.4) is 0 Å². The van der Waals surface area contributed by atoms with E-state index in [4.69, 9.17) is 10.3 Å². The van der Waals surface area contributed by atoms with Gasteiger partial charge in [0.1, 0.15) is 0 Å². The Morgan fingerprint density at radius 2 is 2.28 bits per heavy atom. The lowest BCUT2D eigenvalue weighted by atomic mass is 10.1. The third kappa shape index (κ3) is 3.61. The number of hydrogen-bond acceptors (Lipinski definition) is 6. The molecule has 0 radical (unpaired) electrons. The first-order valence-corrected chi connectivity index (χ1v) is 6.98. The largest absolute Gasteiger partial charge is 0.339 e. The number of nitrogens with zero attached hydrogens (tertiary/aromatic N) is 3. The molecule has 0 aliphatic heterocycles. The molecule has 1 unspecified atom stereocenters. The van der Waals surface area contributed by atoms with Crippen LogP contribution >= 0.6 is 11.3 Å². The predicted octanol–water partition coefficient (Wildman–Crippen LogP) is 1.95. The number of aromatic nitrogens is 3. The second-order valence-corrected chi connectivity index (χ2v) is 5.58. The molecule has 0 spiro atoms. The lowest BCUT2D eigenvalue weighted by Gasteiger charge is -2.03. The summed E-state index contributed by atoms with van der Waals surface area (Å²) in [5.41, 5.74) is 6.57. The van der Waals surface area contributed by atoms with E-state index in [-0.39, 0.29) is 0 Å². The summed E-state index contributed by atoms with van der Waals surface area (Å²) in [6.07, 6.45) is 2.41. The van der Waals surface area contributed by atoms with Crippen LogP contribution in [0.1, 0.15) is 35.8 Å². The van der Waals surface area contributed by atoms with Gasteiger partial charge in [-0.25, -0.2) is 4.98 Å². The van der Waals surface area contributed by atoms with Crippen molar-refractivity contribution in [1.82, 2.24) is 15.1 Å². The first-order valence-electron chi connectivity index (χ1n) is 6.10. The van der Waals surface area contributed by atoms with Gasteiger partial charge in [0.2, 0.25) is 5.89 Å². The first-order chi connectivity index (χ1) is 8.67. The van der Waals surface area contributed by atoms with Gasteiger partial charge in [0.05, 0.1) is 17.1 Å². The third-order valence-corrected chi connectivity index (χ3v) is 3.59. The van der Waals surface area contributed by atoms with Crippen molar-refractivity contribution in [2.24, 2.45) is 11.7 Å². The smallest absolute Gasteiger partial charge is 0.226 e. The maximum absolute atomic E-state index is 5.57. The molecular weight excluding hydrogens is 248 g/mol. The van der Waals surface area contributed by atoms with Gasteiger partial charge in [0, 0.05) is 11.8 Å². The highest BCUT2D eigenvalue weighted by molar-refractivity contribution is 7.09. The summed E-state index contributed by atoms with van der Waals surface area (Å²) in [6.45, 7) is 4.80. The maximum atomic E-state index is 5.57. The van der Waals surface area contributed by atoms with Crippen molar-refractivity contribution in [3.63, 3.8) is 0 Å². The Bertz CT molecular complexity index is 494. The standard InChI is InChI=1S/C12H18N4OS/c1-8(6-13)3-4-12-15-11(16-17-12)5-10-7-18-9(2)14-10/h7-8H,3-6,13H2,1-2H3. The molecule has 5 nitrogen and oxygen atoms in total. The predicted molar refractivity (Wildman–Crippen MR) is 70.5 cm³/mol. The summed E-state index contributed by atoms with van der Waals surface area (Å²) in [6, 6.07) is 0. The molecule has 0 amide bonds. The Morgan fingerprint density at radius 1 is 1.44 bits per heavy atom. The number of hydrogen-bond donors (Lipinski definition) is 1. The van der Waals surface area contributed by atoms with Crippen molar-refractivity contribution in [3.8, 4) is 0 Å². The fourth-order valence-corrected chi connectivity index (χ4v) is 2.22. The van der Waals surface area contributed by atoms with E-state index in [1.54, 1.807) is 11.3 Å². The normalized spacial score (nSPS) is 12.8. The van der Waals surface area contributed by atoms with Crippen LogP contribution in [-0.2, 0) is 12.8 Å². The van der Waals surface area contributed by atoms with Crippen LogP contribution in [0.5, 0.6) is 0 Å². The maximum Gasteiger partial charge on any atom is 0.226 e. The highest BCUT2D eigenvalue weighted by atomic mass is 32.1. The lowest BCUT2D eigenvalue weighted by molar-refractivity contribution is 0.362. The molecule has 1 atom stereocenters. The van der Waals surface area contributed by atoms with Crippen molar-refractivity contribution in [2.45, 2.75) is 33.1 Å². The number of thiazole rings is 1. The molecule has 2 aromatic rings. The van der Waals surface area contributed by atoms with Crippen molar-refractivity contribution in [1.29, 1.82) is 0 Å². The van der Waals surface area contributed by atoms with Gasteiger partial charge in [-0.2, -0.15) is 4.98 Å². The zero-order valence-electron chi connectivity index (χ0n) is 10.7. The van der Waals surface area contributed by atoms with E-state index < -0.39 is 0 Å². The van der Waals surface area contributed by atoms with Gasteiger partial charge in [-0.15, -0.1) is 11.3 Å². The SMILES string of the molecule is Cc1nc(Cc2noc(CCC(C)CN)n2)cs1. The molecular formula is C12H18N4OS. The van der Waals surface area contributed by atoms with E-state index in [0.29, 0.717) is 30.6 Å². The molecule has 0 aliphatic rings. The average molecular weight is 266 g/mol. The van der Waals surface area contributed by atoms with Gasteiger partial charge in [0.15, 0.2) is 5.82 Å². The fourth-order valence-electron chi connectivity index (χ4n) is 1.60. The Labute approximate surface area is 110 Å². The summed E-state index contributed by atoms with van der Waals surface area (Å²) in [7, 11) is 0. The van der Waals surface area contributed by atoms with Crippen LogP contribution in [0.25, 0.3) is 0 Å². The van der Waals surface area contributed by atoms with Crippen molar-refractivity contribution in [3.05, 3.63) is 27.8 Å². The quantitative estimate of drug-likeness (QED) is 0.864. The highest BCUT2D eigenvalue weighted by Crippen LogP contribution is 2.12. The third-order valence-electron chi connectivity index (χ3n) is 2.77. The summed E-state index contributed by atoms with van der Waals surface area (Å²) in [5.74, 6) is 1.88. The minimum absolute atomic E-state index is 0.488. The van der Waals surface area contributed by atoms with Gasteiger partial charge in [-0.1, -0.05) is 12.1 Å². The van der Waals surface area contributed by atoms with Crippen molar-refractivity contribution >= 4 is 11.3 Å². The van der Waals surface area contributed by atoms with Crippen molar-refractivity contribution < 1.29 is 4.52 Å². The highest BCUT2D eigenvalue weighted by Gasteiger charge is 2.10. The molecule has 0 saturated heterocycles. The van der Waals surface area contributed by atoms with Crippen LogP contribution in [0.4, 0.5) is 0 Å². The zero-order chi connectivity index (χ0) is 13.0. The van der Waals surface area contributed by atoms with Gasteiger partial charge < -0.3 is 10.3 Å². The van der Waals surface area contributed by atoms with E-state index in [9.17, 15) is 0 Å². The molecule has 2 aromatic heterocycles. The molecule has 2 heterocycles. The summed E-state index contributed by atoms with van der Waals surface area (Å²) < 4.78 is 5.21. The number of nitrogens with two attached hydrogens (primary N) is 1. The minimum Gasteiger partial charge on any atom is -0.339 e. The summed E-state index contributed by atoms with van der Waals surface area (Å²) in [4.78, 5) is 8.75. The van der Waals surface area contributed by atoms with E-state index >= 15 is 0 Å². The molecule has 2 rings (SSSR count). The molecule has 98 valence electrons. The number of rotatable bonds is 6. The van der Waals surface area contributed by atoms with Crippen LogP contribution in [0, 0.1) is 12.8 Å². The topological polar surface area (TPSA) is 77.8 Å². The molecule has 0 fully saturated rings. The van der Waals surface area contributed by atoms with Gasteiger partial charge >= 0.3 is 0 Å². The molecule has 0 aliphatic carbocycles. The molecule has 0 bridgehead atoms. The van der Waals surface area contributed by atoms with Gasteiger partial charge in [-0.05, 0) is 25.8 Å². The lowest BCUT2D eigenvalue weighted by Crippen LogP contribution is -2.11.